The average molecular weight is 270 g/mol. The van der Waals surface area contributed by atoms with Crippen LogP contribution in [0, 0.1) is 0 Å². The molecule has 0 spiro atoms. The van der Waals surface area contributed by atoms with Gasteiger partial charge in [0.1, 0.15) is 0 Å². The third-order valence-electron chi connectivity index (χ3n) is 3.10. The summed E-state index contributed by atoms with van der Waals surface area (Å²) >= 11 is 0. The second-order valence-electron chi connectivity index (χ2n) is 4.63. The molecule has 1 aromatic rings. The minimum atomic E-state index is -3.43. The lowest BCUT2D eigenvalue weighted by atomic mass is 10.1. The van der Waals surface area contributed by atoms with Gasteiger partial charge in [-0.25, -0.2) is 8.42 Å². The summed E-state index contributed by atoms with van der Waals surface area (Å²) in [7, 11) is -3.43. The Morgan fingerprint density at radius 3 is 2.28 bits per heavy atom. The normalized spacial score (nSPS) is 15.3. The van der Waals surface area contributed by atoms with Gasteiger partial charge in [0, 0.05) is 0 Å². The van der Waals surface area contributed by atoms with Crippen molar-refractivity contribution in [2.24, 2.45) is 0 Å². The fourth-order valence-corrected chi connectivity index (χ4v) is 3.92. The molecule has 102 valence electrons. The summed E-state index contributed by atoms with van der Waals surface area (Å²) in [5, 5.41) is 9.03. The van der Waals surface area contributed by atoms with E-state index in [9.17, 15) is 13.5 Å². The molecule has 2 atom stereocenters. The van der Waals surface area contributed by atoms with Gasteiger partial charge >= 0.3 is 0 Å². The molecule has 4 heteroatoms. The van der Waals surface area contributed by atoms with E-state index in [-0.39, 0.29) is 0 Å². The number of sulfone groups is 1. The average Bonchev–Trinajstić information content (AvgIpc) is 2.35. The van der Waals surface area contributed by atoms with Gasteiger partial charge in [0.15, 0.2) is 9.84 Å². The Kier molecular flexibility index (Phi) is 5.82. The highest BCUT2D eigenvalue weighted by Crippen LogP contribution is 2.22. The van der Waals surface area contributed by atoms with Crippen molar-refractivity contribution in [3.63, 3.8) is 0 Å². The fraction of sp³-hybridized carbons (Fsp3) is 0.571. The highest BCUT2D eigenvalue weighted by atomic mass is 32.2. The smallest absolute Gasteiger partial charge is 0.183 e. The van der Waals surface area contributed by atoms with Crippen molar-refractivity contribution in [1.29, 1.82) is 0 Å². The number of aliphatic hydroxyl groups is 1. The molecule has 1 aromatic carbocycles. The monoisotopic (exact) mass is 270 g/mol. The van der Waals surface area contributed by atoms with E-state index in [1.165, 1.54) is 0 Å². The lowest BCUT2D eigenvalue weighted by Gasteiger charge is -2.20. The summed E-state index contributed by atoms with van der Waals surface area (Å²) in [4.78, 5) is 0.299. The number of benzene rings is 1. The lowest BCUT2D eigenvalue weighted by molar-refractivity contribution is 0.182. The molecule has 0 aromatic heterocycles. The zero-order valence-corrected chi connectivity index (χ0v) is 11.9. The van der Waals surface area contributed by atoms with E-state index in [2.05, 4.69) is 6.92 Å². The number of unbranched alkanes of at least 4 members (excludes halogenated alkanes) is 2. The first-order chi connectivity index (χ1) is 8.50. The van der Waals surface area contributed by atoms with Crippen LogP contribution in [-0.4, -0.2) is 24.9 Å². The summed E-state index contributed by atoms with van der Waals surface area (Å²) in [5.74, 6) is 0. The van der Waals surface area contributed by atoms with Crippen LogP contribution in [0.25, 0.3) is 0 Å². The molecule has 0 amide bonds. The van der Waals surface area contributed by atoms with Crippen LogP contribution < -0.4 is 0 Å². The highest BCUT2D eigenvalue weighted by Gasteiger charge is 2.30. The van der Waals surface area contributed by atoms with E-state index in [0.717, 1.165) is 19.3 Å². The van der Waals surface area contributed by atoms with Crippen molar-refractivity contribution in [3.05, 3.63) is 30.3 Å². The first-order valence-electron chi connectivity index (χ1n) is 6.47. The van der Waals surface area contributed by atoms with Crippen LogP contribution in [0.5, 0.6) is 0 Å². The topological polar surface area (TPSA) is 54.4 Å². The minimum Gasteiger partial charge on any atom is -0.392 e. The van der Waals surface area contributed by atoms with Crippen molar-refractivity contribution in [2.75, 3.05) is 0 Å². The Balaban J connectivity index is 2.91. The second kappa shape index (κ2) is 6.90. The number of hydrogen-bond acceptors (Lipinski definition) is 3. The van der Waals surface area contributed by atoms with Gasteiger partial charge in [-0.15, -0.1) is 0 Å². The van der Waals surface area contributed by atoms with E-state index >= 15 is 0 Å². The predicted molar refractivity (Wildman–Crippen MR) is 73.2 cm³/mol. The Hall–Kier alpha value is -0.870. The highest BCUT2D eigenvalue weighted by molar-refractivity contribution is 7.92. The summed E-state index contributed by atoms with van der Waals surface area (Å²) in [6.07, 6.45) is 2.54. The van der Waals surface area contributed by atoms with E-state index in [1.807, 2.05) is 0 Å². The third-order valence-corrected chi connectivity index (χ3v) is 5.46. The summed E-state index contributed by atoms with van der Waals surface area (Å²) in [5.41, 5.74) is 0. The quantitative estimate of drug-likeness (QED) is 0.775. The molecule has 0 fully saturated rings. The van der Waals surface area contributed by atoms with Crippen LogP contribution >= 0.6 is 0 Å². The van der Waals surface area contributed by atoms with Gasteiger partial charge in [-0.3, -0.25) is 0 Å². The van der Waals surface area contributed by atoms with E-state index in [1.54, 1.807) is 37.3 Å². The largest absolute Gasteiger partial charge is 0.392 e. The SMILES string of the molecule is CCCCC[C@@H]([C@@H](C)O)S(=O)(=O)c1ccccc1. The van der Waals surface area contributed by atoms with Crippen LogP contribution in [0.15, 0.2) is 35.2 Å². The molecule has 1 rings (SSSR count). The van der Waals surface area contributed by atoms with E-state index < -0.39 is 21.2 Å². The fourth-order valence-electron chi connectivity index (χ4n) is 2.04. The molecule has 0 aliphatic heterocycles. The van der Waals surface area contributed by atoms with E-state index in [0.29, 0.717) is 11.3 Å². The van der Waals surface area contributed by atoms with Crippen LogP contribution in [0.2, 0.25) is 0 Å². The van der Waals surface area contributed by atoms with Crippen LogP contribution in [0.4, 0.5) is 0 Å². The Labute approximate surface area is 110 Å². The van der Waals surface area contributed by atoms with Crippen molar-refractivity contribution in [2.45, 2.75) is 55.8 Å². The molecule has 0 unspecified atom stereocenters. The number of rotatable bonds is 7. The molecule has 3 nitrogen and oxygen atoms in total. The molecule has 0 saturated heterocycles. The molecule has 0 aliphatic carbocycles. The molecular weight excluding hydrogens is 248 g/mol. The Morgan fingerprint density at radius 1 is 1.17 bits per heavy atom. The predicted octanol–water partition coefficient (Wildman–Crippen LogP) is 2.79. The summed E-state index contributed by atoms with van der Waals surface area (Å²) < 4.78 is 24.8. The van der Waals surface area contributed by atoms with Gasteiger partial charge in [0.05, 0.1) is 16.2 Å². The van der Waals surface area contributed by atoms with Crippen LogP contribution in [0.1, 0.15) is 39.5 Å². The summed E-state index contributed by atoms with van der Waals surface area (Å²) in [6, 6.07) is 8.37. The molecule has 0 radical (unpaired) electrons. The van der Waals surface area contributed by atoms with Gasteiger partial charge in [-0.1, -0.05) is 44.4 Å². The number of aliphatic hydroxyl groups excluding tert-OH is 1. The van der Waals surface area contributed by atoms with Gasteiger partial charge in [-0.2, -0.15) is 0 Å². The third kappa shape index (κ3) is 3.82. The maximum Gasteiger partial charge on any atom is 0.183 e. The molecule has 18 heavy (non-hydrogen) atoms. The van der Waals surface area contributed by atoms with E-state index in [4.69, 9.17) is 0 Å². The zero-order chi connectivity index (χ0) is 13.6. The zero-order valence-electron chi connectivity index (χ0n) is 11.0. The Morgan fingerprint density at radius 2 is 1.78 bits per heavy atom. The molecule has 0 saturated carbocycles. The Bertz CT molecular complexity index is 437. The summed E-state index contributed by atoms with van der Waals surface area (Å²) in [6.45, 7) is 3.63. The number of hydrogen-bond donors (Lipinski definition) is 1. The van der Waals surface area contributed by atoms with Crippen molar-refractivity contribution in [1.82, 2.24) is 0 Å². The second-order valence-corrected chi connectivity index (χ2v) is 6.80. The van der Waals surface area contributed by atoms with Gasteiger partial charge < -0.3 is 5.11 Å². The standard InChI is InChI=1S/C14H22O3S/c1-3-4-6-11-14(12(2)15)18(16,17)13-9-7-5-8-10-13/h5,7-10,12,14-15H,3-4,6,11H2,1-2H3/t12-,14+/m1/s1. The first-order valence-corrected chi connectivity index (χ1v) is 8.01. The molecule has 1 N–H and O–H groups in total. The van der Waals surface area contributed by atoms with Crippen molar-refractivity contribution < 1.29 is 13.5 Å². The lowest BCUT2D eigenvalue weighted by Crippen LogP contribution is -2.32. The van der Waals surface area contributed by atoms with Crippen LogP contribution in [-0.2, 0) is 9.84 Å². The molecule has 0 aliphatic rings. The maximum atomic E-state index is 12.4. The molecule has 0 heterocycles. The molecule has 0 bridgehead atoms. The van der Waals surface area contributed by atoms with Gasteiger partial charge in [-0.05, 0) is 25.5 Å². The van der Waals surface area contributed by atoms with Gasteiger partial charge in [0.25, 0.3) is 0 Å². The van der Waals surface area contributed by atoms with Crippen molar-refractivity contribution >= 4 is 9.84 Å². The van der Waals surface area contributed by atoms with Crippen LogP contribution in [0.3, 0.4) is 0 Å². The molecular formula is C14H22O3S. The first kappa shape index (κ1) is 15.2. The van der Waals surface area contributed by atoms with Crippen molar-refractivity contribution in [3.8, 4) is 0 Å². The van der Waals surface area contributed by atoms with Gasteiger partial charge in [0.2, 0.25) is 0 Å². The maximum absolute atomic E-state index is 12.4. The minimum absolute atomic E-state index is 0.299.